The fraction of sp³-hybridized carbons (Fsp3) is 0. The topological polar surface area (TPSA) is 48.8 Å². The zero-order chi connectivity index (χ0) is 15.8. The van der Waals surface area contributed by atoms with Gasteiger partial charge in [0.05, 0.1) is 12.4 Å². The van der Waals surface area contributed by atoms with Crippen molar-refractivity contribution in [3.05, 3.63) is 71.3 Å². The van der Waals surface area contributed by atoms with Crippen LogP contribution in [0.3, 0.4) is 0 Å². The first-order valence-electron chi connectivity index (χ1n) is 6.27. The molecular weight excluding hydrogens is 306 g/mol. The molecular formula is C15H12F2N4S. The fourth-order valence-corrected chi connectivity index (χ4v) is 1.64. The minimum Gasteiger partial charge on any atom is -0.252 e. The molecule has 2 rings (SSSR count). The van der Waals surface area contributed by atoms with E-state index in [2.05, 4.69) is 21.1 Å². The molecule has 2 N–H and O–H groups in total. The standard InChI is InChI=1S/C15H12F2N4S/c16-13-5-1-3-11(7-13)9-18-20-15(22)21-19-10-12-4-2-6-14(17)8-12/h1-10H,(H2,20,21,22). The number of benzene rings is 2. The van der Waals surface area contributed by atoms with Gasteiger partial charge in [-0.2, -0.15) is 10.2 Å². The second-order valence-corrected chi connectivity index (χ2v) is 4.59. The molecule has 0 saturated carbocycles. The molecule has 0 atom stereocenters. The summed E-state index contributed by atoms with van der Waals surface area (Å²) in [5.74, 6) is -0.686. The fourth-order valence-electron chi connectivity index (χ4n) is 1.53. The highest BCUT2D eigenvalue weighted by Crippen LogP contribution is 2.00. The molecule has 0 heterocycles. The highest BCUT2D eigenvalue weighted by Gasteiger charge is 1.93. The van der Waals surface area contributed by atoms with E-state index in [0.717, 1.165) is 0 Å². The Morgan fingerprint density at radius 1 is 0.864 bits per heavy atom. The van der Waals surface area contributed by atoms with Crippen molar-refractivity contribution in [3.8, 4) is 0 Å². The number of rotatable bonds is 4. The lowest BCUT2D eigenvalue weighted by Crippen LogP contribution is -2.28. The second kappa shape index (κ2) is 7.94. The van der Waals surface area contributed by atoms with Gasteiger partial charge in [-0.05, 0) is 47.6 Å². The van der Waals surface area contributed by atoms with Crippen LogP contribution in [0.2, 0.25) is 0 Å². The molecule has 112 valence electrons. The average Bonchev–Trinajstić information content (AvgIpc) is 2.47. The van der Waals surface area contributed by atoms with Crippen molar-refractivity contribution in [2.24, 2.45) is 10.2 Å². The van der Waals surface area contributed by atoms with Gasteiger partial charge in [-0.25, -0.2) is 8.78 Å². The Hall–Kier alpha value is -2.67. The van der Waals surface area contributed by atoms with Crippen molar-refractivity contribution in [3.63, 3.8) is 0 Å². The van der Waals surface area contributed by atoms with Crippen LogP contribution in [0.1, 0.15) is 11.1 Å². The zero-order valence-electron chi connectivity index (χ0n) is 11.3. The van der Waals surface area contributed by atoms with Crippen LogP contribution in [-0.2, 0) is 0 Å². The lowest BCUT2D eigenvalue weighted by Gasteiger charge is -2.01. The van der Waals surface area contributed by atoms with Crippen molar-refractivity contribution in [2.45, 2.75) is 0 Å². The molecule has 0 unspecified atom stereocenters. The Kier molecular flexibility index (Phi) is 5.67. The van der Waals surface area contributed by atoms with Crippen molar-refractivity contribution >= 4 is 29.8 Å². The first-order valence-corrected chi connectivity index (χ1v) is 6.67. The van der Waals surface area contributed by atoms with Crippen LogP contribution in [-0.4, -0.2) is 17.5 Å². The van der Waals surface area contributed by atoms with E-state index in [9.17, 15) is 8.78 Å². The minimum atomic E-state index is -0.343. The third-order valence-corrected chi connectivity index (χ3v) is 2.64. The number of hydrogen-bond donors (Lipinski definition) is 2. The maximum absolute atomic E-state index is 12.9. The maximum Gasteiger partial charge on any atom is 0.207 e. The molecule has 0 spiro atoms. The predicted molar refractivity (Wildman–Crippen MR) is 86.9 cm³/mol. The van der Waals surface area contributed by atoms with Crippen LogP contribution in [0.4, 0.5) is 8.78 Å². The van der Waals surface area contributed by atoms with Crippen LogP contribution in [0.25, 0.3) is 0 Å². The number of hydrogen-bond acceptors (Lipinski definition) is 3. The molecule has 0 bridgehead atoms. The largest absolute Gasteiger partial charge is 0.252 e. The summed E-state index contributed by atoms with van der Waals surface area (Å²) in [6, 6.07) is 11.9. The summed E-state index contributed by atoms with van der Waals surface area (Å²) in [6.45, 7) is 0. The number of hydrazone groups is 2. The number of halogens is 2. The summed E-state index contributed by atoms with van der Waals surface area (Å²) in [6.07, 6.45) is 2.85. The van der Waals surface area contributed by atoms with Gasteiger partial charge in [0.25, 0.3) is 0 Å². The summed E-state index contributed by atoms with van der Waals surface area (Å²) in [5, 5.41) is 7.84. The van der Waals surface area contributed by atoms with Gasteiger partial charge in [0.15, 0.2) is 0 Å². The van der Waals surface area contributed by atoms with Crippen molar-refractivity contribution in [1.82, 2.24) is 10.9 Å². The van der Waals surface area contributed by atoms with Crippen molar-refractivity contribution < 1.29 is 8.78 Å². The molecule has 0 fully saturated rings. The Labute approximate surface area is 131 Å². The first kappa shape index (κ1) is 15.7. The van der Waals surface area contributed by atoms with Crippen LogP contribution >= 0.6 is 12.2 Å². The van der Waals surface area contributed by atoms with E-state index >= 15 is 0 Å². The Morgan fingerprint density at radius 2 is 1.32 bits per heavy atom. The van der Waals surface area contributed by atoms with E-state index in [1.165, 1.54) is 36.7 Å². The zero-order valence-corrected chi connectivity index (χ0v) is 12.1. The summed E-state index contributed by atoms with van der Waals surface area (Å²) in [7, 11) is 0. The Bertz CT molecular complexity index is 657. The normalized spacial score (nSPS) is 11.0. The number of nitrogens with one attached hydrogen (secondary N) is 2. The SMILES string of the molecule is Fc1cccc(C=NNC(=S)NN=Cc2cccc(F)c2)c1. The average molecular weight is 318 g/mol. The van der Waals surface area contributed by atoms with E-state index < -0.39 is 0 Å². The van der Waals surface area contributed by atoms with Gasteiger partial charge in [0.2, 0.25) is 5.11 Å². The second-order valence-electron chi connectivity index (χ2n) is 4.18. The van der Waals surface area contributed by atoms with Gasteiger partial charge >= 0.3 is 0 Å². The molecule has 0 amide bonds. The third kappa shape index (κ3) is 5.37. The molecule has 0 aliphatic carbocycles. The highest BCUT2D eigenvalue weighted by atomic mass is 32.1. The molecule has 0 aromatic heterocycles. The van der Waals surface area contributed by atoms with Gasteiger partial charge in [-0.3, -0.25) is 10.9 Å². The van der Waals surface area contributed by atoms with Crippen molar-refractivity contribution in [1.29, 1.82) is 0 Å². The van der Waals surface area contributed by atoms with E-state index in [1.54, 1.807) is 24.3 Å². The van der Waals surface area contributed by atoms with E-state index in [4.69, 9.17) is 12.2 Å². The third-order valence-electron chi connectivity index (χ3n) is 2.46. The molecule has 0 aliphatic heterocycles. The Morgan fingerprint density at radius 3 is 1.73 bits per heavy atom. The monoisotopic (exact) mass is 318 g/mol. The molecule has 2 aromatic rings. The summed E-state index contributed by atoms with van der Waals surface area (Å²) in [5.41, 5.74) is 6.25. The lowest BCUT2D eigenvalue weighted by molar-refractivity contribution is 0.627. The van der Waals surface area contributed by atoms with Gasteiger partial charge < -0.3 is 0 Å². The van der Waals surface area contributed by atoms with Crippen LogP contribution in [0.5, 0.6) is 0 Å². The van der Waals surface area contributed by atoms with E-state index in [1.807, 2.05) is 0 Å². The van der Waals surface area contributed by atoms with Gasteiger partial charge in [0, 0.05) is 0 Å². The lowest BCUT2D eigenvalue weighted by atomic mass is 10.2. The number of nitrogens with zero attached hydrogens (tertiary/aromatic N) is 2. The molecule has 0 aliphatic rings. The molecule has 7 heteroatoms. The first-order chi connectivity index (χ1) is 10.6. The maximum atomic E-state index is 12.9. The van der Waals surface area contributed by atoms with Crippen LogP contribution in [0.15, 0.2) is 58.7 Å². The summed E-state index contributed by atoms with van der Waals surface area (Å²) in [4.78, 5) is 0. The Balaban J connectivity index is 1.81. The minimum absolute atomic E-state index is 0.153. The van der Waals surface area contributed by atoms with Crippen LogP contribution < -0.4 is 10.9 Å². The smallest absolute Gasteiger partial charge is 0.207 e. The van der Waals surface area contributed by atoms with Gasteiger partial charge in [-0.15, -0.1) is 0 Å². The number of thiocarbonyl (C=S) groups is 1. The highest BCUT2D eigenvalue weighted by molar-refractivity contribution is 7.80. The molecule has 2 aromatic carbocycles. The summed E-state index contributed by atoms with van der Waals surface area (Å²) >= 11 is 4.94. The van der Waals surface area contributed by atoms with Crippen LogP contribution in [0, 0.1) is 11.6 Å². The molecule has 0 radical (unpaired) electrons. The molecule has 0 saturated heterocycles. The predicted octanol–water partition coefficient (Wildman–Crippen LogP) is 2.80. The van der Waals surface area contributed by atoms with E-state index in [-0.39, 0.29) is 16.7 Å². The van der Waals surface area contributed by atoms with Crippen molar-refractivity contribution in [2.75, 3.05) is 0 Å². The van der Waals surface area contributed by atoms with E-state index in [0.29, 0.717) is 11.1 Å². The quantitative estimate of drug-likeness (QED) is 0.518. The van der Waals surface area contributed by atoms with Gasteiger partial charge in [-0.1, -0.05) is 24.3 Å². The van der Waals surface area contributed by atoms with Gasteiger partial charge in [0.1, 0.15) is 11.6 Å². The molecule has 4 nitrogen and oxygen atoms in total. The molecule has 22 heavy (non-hydrogen) atoms. The summed E-state index contributed by atoms with van der Waals surface area (Å²) < 4.78 is 25.9.